The molecule has 0 atom stereocenters. The predicted molar refractivity (Wildman–Crippen MR) is 70.3 cm³/mol. The van der Waals surface area contributed by atoms with Crippen LogP contribution < -0.4 is 11.2 Å². The van der Waals surface area contributed by atoms with Crippen molar-refractivity contribution in [2.24, 2.45) is 0 Å². The Bertz CT molecular complexity index is 794. The lowest BCUT2D eigenvalue weighted by atomic mass is 10.3. The lowest BCUT2D eigenvalue weighted by Crippen LogP contribution is -2.36. The van der Waals surface area contributed by atoms with Gasteiger partial charge in [0.05, 0.1) is 9.26 Å². The molecule has 0 radical (unpaired) electrons. The minimum absolute atomic E-state index is 0.0870. The molecule has 10 heteroatoms. The minimum Gasteiger partial charge on any atom is -0.303 e. The smallest absolute Gasteiger partial charge is 0.303 e. The molecule has 0 saturated heterocycles. The van der Waals surface area contributed by atoms with E-state index in [0.29, 0.717) is 0 Å². The summed E-state index contributed by atoms with van der Waals surface area (Å²) >= 11 is 1.48. The van der Waals surface area contributed by atoms with Gasteiger partial charge in [-0.1, -0.05) is 0 Å². The van der Waals surface area contributed by atoms with Gasteiger partial charge in [0, 0.05) is 6.07 Å². The van der Waals surface area contributed by atoms with E-state index in [4.69, 9.17) is 0 Å². The Kier molecular flexibility index (Phi) is 3.91. The highest BCUT2D eigenvalue weighted by molar-refractivity contribution is 14.1. The third-order valence-corrected chi connectivity index (χ3v) is 3.33. The largest absolute Gasteiger partial charge is 0.431 e. The molecule has 0 aliphatic rings. The van der Waals surface area contributed by atoms with Gasteiger partial charge in [0.25, 0.3) is 5.56 Å². The first-order chi connectivity index (χ1) is 9.62. The third-order valence-electron chi connectivity index (χ3n) is 2.49. The van der Waals surface area contributed by atoms with E-state index >= 15 is 0 Å². The number of nitrogens with zero attached hydrogens (tertiary/aromatic N) is 1. The lowest BCUT2D eigenvalue weighted by Gasteiger charge is -2.10. The van der Waals surface area contributed by atoms with E-state index in [2.05, 4.69) is 0 Å². The van der Waals surface area contributed by atoms with Gasteiger partial charge in [-0.3, -0.25) is 4.79 Å². The number of alkyl halides is 3. The monoisotopic (exact) mass is 418 g/mol. The maximum absolute atomic E-state index is 13.7. The van der Waals surface area contributed by atoms with Crippen LogP contribution in [0.1, 0.15) is 5.69 Å². The average Bonchev–Trinajstić information content (AvgIpc) is 2.36. The molecule has 0 unspecified atom stereocenters. The molecule has 2 rings (SSSR count). The van der Waals surface area contributed by atoms with Gasteiger partial charge in [0.15, 0.2) is 11.6 Å². The Morgan fingerprint density at radius 2 is 1.71 bits per heavy atom. The van der Waals surface area contributed by atoms with Gasteiger partial charge in [0.1, 0.15) is 5.69 Å². The molecule has 0 spiro atoms. The number of aromatic nitrogens is 2. The number of benzene rings is 1. The molecule has 21 heavy (non-hydrogen) atoms. The number of nitrogens with one attached hydrogen (secondary N) is 1. The minimum atomic E-state index is -4.94. The van der Waals surface area contributed by atoms with Gasteiger partial charge in [-0.05, 0) is 34.7 Å². The number of aromatic amines is 1. The van der Waals surface area contributed by atoms with Crippen molar-refractivity contribution in [2.45, 2.75) is 6.18 Å². The van der Waals surface area contributed by atoms with Crippen LogP contribution in [0.5, 0.6) is 0 Å². The Labute approximate surface area is 126 Å². The van der Waals surface area contributed by atoms with Crippen LogP contribution in [0.3, 0.4) is 0 Å². The maximum atomic E-state index is 13.7. The molecule has 1 aromatic heterocycles. The molecule has 1 heterocycles. The van der Waals surface area contributed by atoms with Gasteiger partial charge in [0.2, 0.25) is 0 Å². The summed E-state index contributed by atoms with van der Waals surface area (Å²) in [5.41, 5.74) is -5.28. The van der Waals surface area contributed by atoms with Crippen molar-refractivity contribution in [1.82, 2.24) is 9.55 Å². The van der Waals surface area contributed by atoms with E-state index < -0.39 is 40.4 Å². The van der Waals surface area contributed by atoms with Gasteiger partial charge < -0.3 is 4.98 Å². The fraction of sp³-hybridized carbons (Fsp3) is 0.0909. The topological polar surface area (TPSA) is 54.9 Å². The number of halogens is 6. The Morgan fingerprint density at radius 3 is 2.24 bits per heavy atom. The van der Waals surface area contributed by atoms with Crippen molar-refractivity contribution in [2.75, 3.05) is 0 Å². The van der Waals surface area contributed by atoms with Crippen molar-refractivity contribution in [3.63, 3.8) is 0 Å². The highest BCUT2D eigenvalue weighted by Gasteiger charge is 2.33. The summed E-state index contributed by atoms with van der Waals surface area (Å²) in [5.74, 6) is -2.81. The summed E-state index contributed by atoms with van der Waals surface area (Å²) in [6.07, 6.45) is -4.94. The van der Waals surface area contributed by atoms with Crippen molar-refractivity contribution < 1.29 is 22.0 Å². The molecule has 0 bridgehead atoms. The summed E-state index contributed by atoms with van der Waals surface area (Å²) < 4.78 is 64.4. The van der Waals surface area contributed by atoms with E-state index in [1.165, 1.54) is 27.6 Å². The fourth-order valence-corrected chi connectivity index (χ4v) is 1.98. The van der Waals surface area contributed by atoms with Crippen LogP contribution in [-0.2, 0) is 6.18 Å². The van der Waals surface area contributed by atoms with E-state index in [9.17, 15) is 31.5 Å². The van der Waals surface area contributed by atoms with E-state index in [1.54, 1.807) is 0 Å². The first kappa shape index (κ1) is 15.7. The fourth-order valence-electron chi connectivity index (χ4n) is 1.56. The van der Waals surface area contributed by atoms with E-state index in [0.717, 1.165) is 12.1 Å². The van der Waals surface area contributed by atoms with E-state index in [1.807, 2.05) is 0 Å². The van der Waals surface area contributed by atoms with E-state index in [-0.39, 0.29) is 14.2 Å². The zero-order valence-corrected chi connectivity index (χ0v) is 11.9. The maximum Gasteiger partial charge on any atom is 0.431 e. The van der Waals surface area contributed by atoms with Gasteiger partial charge in [-0.2, -0.15) is 13.2 Å². The summed E-state index contributed by atoms with van der Waals surface area (Å²) in [6.45, 7) is 0. The first-order valence-corrected chi connectivity index (χ1v) is 6.28. The van der Waals surface area contributed by atoms with Crippen LogP contribution in [0.2, 0.25) is 0 Å². The average molecular weight is 418 g/mol. The third kappa shape index (κ3) is 2.84. The highest BCUT2D eigenvalue weighted by atomic mass is 127. The summed E-state index contributed by atoms with van der Waals surface area (Å²) in [7, 11) is 0. The molecule has 112 valence electrons. The zero-order chi connectivity index (χ0) is 15.9. The molecular weight excluding hydrogens is 414 g/mol. The summed E-state index contributed by atoms with van der Waals surface area (Å²) in [4.78, 5) is 24.6. The standard InChI is InChI=1S/C11H4F5IN2O2/c12-8-4(17)1-2-5(9(8)13)19-7(20)3-6(11(14,15)16)18-10(19)21/h1-3H,(H,18,21). The molecule has 0 aliphatic heterocycles. The Hall–Kier alpha value is -1.72. The van der Waals surface area contributed by atoms with Crippen LogP contribution in [0, 0.1) is 15.2 Å². The molecule has 1 N–H and O–H groups in total. The quantitative estimate of drug-likeness (QED) is 0.440. The van der Waals surface area contributed by atoms with Crippen LogP contribution in [0.25, 0.3) is 5.69 Å². The van der Waals surface area contributed by atoms with Crippen molar-refractivity contribution in [3.05, 3.63) is 59.9 Å². The van der Waals surface area contributed by atoms with Crippen LogP contribution in [0.15, 0.2) is 27.8 Å². The molecule has 0 fully saturated rings. The highest BCUT2D eigenvalue weighted by Crippen LogP contribution is 2.26. The van der Waals surface area contributed by atoms with Gasteiger partial charge in [-0.25, -0.2) is 18.1 Å². The van der Waals surface area contributed by atoms with Crippen molar-refractivity contribution in [3.8, 4) is 5.69 Å². The zero-order valence-electron chi connectivity index (χ0n) is 9.76. The van der Waals surface area contributed by atoms with Crippen LogP contribution >= 0.6 is 22.6 Å². The SMILES string of the molecule is O=c1cc(C(F)(F)F)[nH]c(=O)n1-c1ccc(I)c(F)c1F. The molecule has 2 aromatic rings. The van der Waals surface area contributed by atoms with Gasteiger partial charge in [-0.15, -0.1) is 0 Å². The number of rotatable bonds is 1. The van der Waals surface area contributed by atoms with Crippen molar-refractivity contribution in [1.29, 1.82) is 0 Å². The number of hydrogen-bond acceptors (Lipinski definition) is 2. The number of H-pyrrole nitrogens is 1. The van der Waals surface area contributed by atoms with Crippen LogP contribution in [-0.4, -0.2) is 9.55 Å². The normalized spacial score (nSPS) is 11.7. The Balaban J connectivity index is 2.76. The second-order valence-electron chi connectivity index (χ2n) is 3.85. The molecule has 1 aromatic carbocycles. The molecule has 0 aliphatic carbocycles. The second kappa shape index (κ2) is 5.24. The van der Waals surface area contributed by atoms with Crippen molar-refractivity contribution >= 4 is 22.6 Å². The Morgan fingerprint density at radius 1 is 1.10 bits per heavy atom. The molecule has 4 nitrogen and oxygen atoms in total. The second-order valence-corrected chi connectivity index (χ2v) is 5.02. The number of hydrogen-bond donors (Lipinski definition) is 1. The lowest BCUT2D eigenvalue weighted by molar-refractivity contribution is -0.141. The summed E-state index contributed by atoms with van der Waals surface area (Å²) in [6, 6.07) is 2.10. The summed E-state index contributed by atoms with van der Waals surface area (Å²) in [5, 5.41) is 0. The molecule has 0 amide bonds. The predicted octanol–water partition coefficient (Wildman–Crippen LogP) is 2.43. The van der Waals surface area contributed by atoms with Crippen LogP contribution in [0.4, 0.5) is 22.0 Å². The molecule has 0 saturated carbocycles. The van der Waals surface area contributed by atoms with Gasteiger partial charge >= 0.3 is 11.9 Å². The first-order valence-electron chi connectivity index (χ1n) is 5.20. The molecular formula is C11H4F5IN2O2.